The van der Waals surface area contributed by atoms with E-state index in [1.807, 2.05) is 0 Å². The average Bonchev–Trinajstić information content (AvgIpc) is 3.23. The third-order valence-corrected chi connectivity index (χ3v) is 3.72. The molecule has 0 aliphatic carbocycles. The van der Waals surface area contributed by atoms with Crippen LogP contribution in [0.15, 0.2) is 40.3 Å². The van der Waals surface area contributed by atoms with Crippen molar-refractivity contribution in [1.82, 2.24) is 10.6 Å². The second kappa shape index (κ2) is 8.14. The van der Waals surface area contributed by atoms with Gasteiger partial charge in [0.15, 0.2) is 6.61 Å². The van der Waals surface area contributed by atoms with E-state index >= 15 is 0 Å². The van der Waals surface area contributed by atoms with Crippen molar-refractivity contribution >= 4 is 29.1 Å². The molecule has 0 aliphatic rings. The molecular weight excluding hydrogens is 320 g/mol. The summed E-state index contributed by atoms with van der Waals surface area (Å²) in [6, 6.07) is 6.51. The standard InChI is InChI=1S/C15H16N2O5S/c1-10(11-4-2-6-21-11)17-13(18)9-22-14(19)8-16-15(20)12-5-3-7-23-12/h2-7,10H,8-9H2,1H3,(H,16,20)(H,17,18)/t10-/m1/s1. The Balaban J connectivity index is 1.65. The molecule has 2 heterocycles. The summed E-state index contributed by atoms with van der Waals surface area (Å²) in [5, 5.41) is 6.81. The third-order valence-electron chi connectivity index (χ3n) is 2.85. The summed E-state index contributed by atoms with van der Waals surface area (Å²) in [7, 11) is 0. The maximum atomic E-state index is 11.7. The molecule has 0 fully saturated rings. The Kier molecular flexibility index (Phi) is 5.93. The van der Waals surface area contributed by atoms with Gasteiger partial charge in [0.1, 0.15) is 12.3 Å². The van der Waals surface area contributed by atoms with Crippen LogP contribution in [0.3, 0.4) is 0 Å². The molecule has 1 atom stereocenters. The van der Waals surface area contributed by atoms with E-state index in [1.165, 1.54) is 17.6 Å². The third kappa shape index (κ3) is 5.26. The minimum atomic E-state index is -0.685. The highest BCUT2D eigenvalue weighted by atomic mass is 32.1. The van der Waals surface area contributed by atoms with Crippen molar-refractivity contribution in [2.45, 2.75) is 13.0 Å². The van der Waals surface area contributed by atoms with E-state index in [9.17, 15) is 14.4 Å². The van der Waals surface area contributed by atoms with Crippen LogP contribution in [0, 0.1) is 0 Å². The fourth-order valence-corrected chi connectivity index (χ4v) is 2.38. The molecule has 0 bridgehead atoms. The molecule has 2 aromatic heterocycles. The predicted molar refractivity (Wildman–Crippen MR) is 82.9 cm³/mol. The summed E-state index contributed by atoms with van der Waals surface area (Å²) in [5.41, 5.74) is 0. The van der Waals surface area contributed by atoms with E-state index in [0.29, 0.717) is 10.6 Å². The highest BCUT2D eigenvalue weighted by Crippen LogP contribution is 2.11. The molecule has 0 unspecified atom stereocenters. The minimum Gasteiger partial charge on any atom is -0.467 e. The summed E-state index contributed by atoms with van der Waals surface area (Å²) in [4.78, 5) is 35.3. The summed E-state index contributed by atoms with van der Waals surface area (Å²) in [6.07, 6.45) is 1.51. The fraction of sp³-hybridized carbons (Fsp3) is 0.267. The molecule has 122 valence electrons. The zero-order valence-electron chi connectivity index (χ0n) is 12.4. The number of amides is 2. The Labute approximate surface area is 136 Å². The number of thiophene rings is 1. The van der Waals surface area contributed by atoms with Crippen LogP contribution in [-0.4, -0.2) is 30.9 Å². The molecule has 23 heavy (non-hydrogen) atoms. The number of rotatable bonds is 7. The van der Waals surface area contributed by atoms with Gasteiger partial charge in [-0.15, -0.1) is 11.3 Å². The number of nitrogens with one attached hydrogen (secondary N) is 2. The van der Waals surface area contributed by atoms with Crippen LogP contribution in [0.2, 0.25) is 0 Å². The SMILES string of the molecule is C[C@@H](NC(=O)COC(=O)CNC(=O)c1cccs1)c1ccco1. The zero-order valence-corrected chi connectivity index (χ0v) is 13.2. The smallest absolute Gasteiger partial charge is 0.325 e. The maximum absolute atomic E-state index is 11.7. The van der Waals surface area contributed by atoms with Gasteiger partial charge in [-0.2, -0.15) is 0 Å². The van der Waals surface area contributed by atoms with Gasteiger partial charge in [0, 0.05) is 0 Å². The van der Waals surface area contributed by atoms with Gasteiger partial charge >= 0.3 is 5.97 Å². The minimum absolute atomic E-state index is 0.294. The van der Waals surface area contributed by atoms with Gasteiger partial charge in [-0.05, 0) is 30.5 Å². The molecule has 0 aromatic carbocycles. The first-order valence-corrected chi connectivity index (χ1v) is 7.74. The van der Waals surface area contributed by atoms with Crippen molar-refractivity contribution in [3.05, 3.63) is 46.5 Å². The normalized spacial score (nSPS) is 11.5. The van der Waals surface area contributed by atoms with Gasteiger partial charge in [0.25, 0.3) is 11.8 Å². The molecule has 2 rings (SSSR count). The van der Waals surface area contributed by atoms with Crippen molar-refractivity contribution < 1.29 is 23.5 Å². The van der Waals surface area contributed by atoms with E-state index < -0.39 is 18.5 Å². The quantitative estimate of drug-likeness (QED) is 0.747. The Bertz CT molecular complexity index is 651. The van der Waals surface area contributed by atoms with Crippen molar-refractivity contribution in [3.63, 3.8) is 0 Å². The van der Waals surface area contributed by atoms with Gasteiger partial charge in [-0.3, -0.25) is 14.4 Å². The van der Waals surface area contributed by atoms with Crippen molar-refractivity contribution in [3.8, 4) is 0 Å². The second-order valence-corrected chi connectivity index (χ2v) is 5.57. The van der Waals surface area contributed by atoms with Crippen LogP contribution in [-0.2, 0) is 14.3 Å². The van der Waals surface area contributed by atoms with Crippen molar-refractivity contribution in [1.29, 1.82) is 0 Å². The molecule has 8 heteroatoms. The van der Waals surface area contributed by atoms with Gasteiger partial charge in [-0.25, -0.2) is 0 Å². The van der Waals surface area contributed by atoms with Crippen LogP contribution in [0.5, 0.6) is 0 Å². The van der Waals surface area contributed by atoms with Gasteiger partial charge < -0.3 is 19.8 Å². The monoisotopic (exact) mass is 336 g/mol. The first-order valence-electron chi connectivity index (χ1n) is 6.86. The largest absolute Gasteiger partial charge is 0.467 e. The molecule has 0 saturated heterocycles. The van der Waals surface area contributed by atoms with Crippen LogP contribution in [0.4, 0.5) is 0 Å². The number of furan rings is 1. The number of carbonyl (C=O) groups excluding carboxylic acids is 3. The number of esters is 1. The van der Waals surface area contributed by atoms with Crippen LogP contribution < -0.4 is 10.6 Å². The highest BCUT2D eigenvalue weighted by molar-refractivity contribution is 7.12. The number of ether oxygens (including phenoxy) is 1. The topological polar surface area (TPSA) is 97.6 Å². The van der Waals surface area contributed by atoms with Crippen LogP contribution in [0.25, 0.3) is 0 Å². The predicted octanol–water partition coefficient (Wildman–Crippen LogP) is 1.49. The van der Waals surface area contributed by atoms with E-state index in [0.717, 1.165) is 0 Å². The maximum Gasteiger partial charge on any atom is 0.325 e. The fourth-order valence-electron chi connectivity index (χ4n) is 1.74. The van der Waals surface area contributed by atoms with Crippen LogP contribution in [0.1, 0.15) is 28.4 Å². The Morgan fingerprint density at radius 3 is 2.78 bits per heavy atom. The Morgan fingerprint density at radius 2 is 2.13 bits per heavy atom. The first-order chi connectivity index (χ1) is 11.1. The summed E-state index contributed by atoms with van der Waals surface area (Å²) < 4.78 is 9.95. The van der Waals surface area contributed by atoms with Gasteiger partial charge in [0.05, 0.1) is 17.2 Å². The van der Waals surface area contributed by atoms with Crippen molar-refractivity contribution in [2.24, 2.45) is 0 Å². The molecule has 0 saturated carbocycles. The molecule has 0 radical (unpaired) electrons. The molecule has 2 amide bonds. The van der Waals surface area contributed by atoms with E-state index in [4.69, 9.17) is 9.15 Å². The number of hydrogen-bond donors (Lipinski definition) is 2. The van der Waals surface area contributed by atoms with Gasteiger partial charge in [0.2, 0.25) is 0 Å². The van der Waals surface area contributed by atoms with Crippen LogP contribution >= 0.6 is 11.3 Å². The Morgan fingerprint density at radius 1 is 1.30 bits per heavy atom. The van der Waals surface area contributed by atoms with E-state index in [1.54, 1.807) is 36.6 Å². The summed E-state index contributed by atoms with van der Waals surface area (Å²) in [5.74, 6) is -0.886. The Hall–Kier alpha value is -2.61. The molecule has 0 spiro atoms. The van der Waals surface area contributed by atoms with E-state index in [2.05, 4.69) is 10.6 Å². The second-order valence-electron chi connectivity index (χ2n) is 4.63. The summed E-state index contributed by atoms with van der Waals surface area (Å²) in [6.45, 7) is 1.04. The molecular formula is C15H16N2O5S. The highest BCUT2D eigenvalue weighted by Gasteiger charge is 2.14. The lowest BCUT2D eigenvalue weighted by Gasteiger charge is -2.11. The van der Waals surface area contributed by atoms with Gasteiger partial charge in [-0.1, -0.05) is 6.07 Å². The molecule has 2 N–H and O–H groups in total. The number of hydrogen-bond acceptors (Lipinski definition) is 6. The average molecular weight is 336 g/mol. The number of carbonyl (C=O) groups is 3. The zero-order chi connectivity index (χ0) is 16.7. The first kappa shape index (κ1) is 16.8. The lowest BCUT2D eigenvalue weighted by atomic mass is 10.2. The lowest BCUT2D eigenvalue weighted by molar-refractivity contribution is -0.147. The molecule has 0 aliphatic heterocycles. The lowest BCUT2D eigenvalue weighted by Crippen LogP contribution is -2.34. The molecule has 2 aromatic rings. The summed E-state index contributed by atoms with van der Waals surface area (Å²) >= 11 is 1.27. The van der Waals surface area contributed by atoms with Crippen molar-refractivity contribution in [2.75, 3.05) is 13.2 Å². The molecule has 7 nitrogen and oxygen atoms in total. The van der Waals surface area contributed by atoms with E-state index in [-0.39, 0.29) is 18.5 Å².